The molecule has 2 aromatic heterocycles. The van der Waals surface area contributed by atoms with E-state index in [-0.39, 0.29) is 7.25 Å². The number of hydrogen-bond acceptors (Lipinski definition) is 4. The van der Waals surface area contributed by atoms with E-state index < -0.39 is 21.5 Å². The second-order valence-electron chi connectivity index (χ2n) is 11.2. The maximum atomic E-state index is 8.43. The Morgan fingerprint density at radius 3 is 1.40 bits per heavy atom. The molecule has 4 aromatic rings. The van der Waals surface area contributed by atoms with Crippen molar-refractivity contribution < 1.29 is 15.6 Å². The number of fused-ring (bicyclic) bond motifs is 2. The summed E-state index contributed by atoms with van der Waals surface area (Å²) in [4.78, 5) is 18.3. The van der Waals surface area contributed by atoms with E-state index in [1.54, 1.807) is 24.8 Å². The first-order valence-electron chi connectivity index (χ1n) is 14.1. The monoisotopic (exact) mass is 661 g/mol. The molecule has 0 bridgehead atoms. The van der Waals surface area contributed by atoms with Crippen LogP contribution in [0, 0.1) is 0 Å². The van der Waals surface area contributed by atoms with Gasteiger partial charge in [-0.15, -0.1) is 0 Å². The molecule has 0 spiro atoms. The molecule has 2 unspecified atom stereocenters. The topological polar surface area (TPSA) is 51.6 Å². The Morgan fingerprint density at radius 2 is 1.05 bits per heavy atom. The molecule has 8 heteroatoms. The Kier molecular flexibility index (Phi) is 7.36. The Morgan fingerprint density at radius 1 is 0.650 bits per heavy atom. The standard InChI is InChI=1S/2C15H13N2.C2H7Si.2ClH.Zr/c2*1-2-11-9-12-5-3-6-13(14(12)10-11)15-16-7-4-8-17-15;1-3-2;;;/h2*3-10H,2H2,1H3;3H,1-2H3;2*1H;/q;;;;;+2/p-2. The van der Waals surface area contributed by atoms with Crippen LogP contribution in [-0.4, -0.2) is 25.9 Å². The van der Waals surface area contributed by atoms with Crippen molar-refractivity contribution in [2.45, 2.75) is 47.0 Å². The molecule has 0 saturated carbocycles. The molecule has 4 nitrogen and oxygen atoms in total. The van der Waals surface area contributed by atoms with Gasteiger partial charge in [-0.25, -0.2) is 0 Å². The van der Waals surface area contributed by atoms with Gasteiger partial charge in [0.05, 0.1) is 0 Å². The number of hydrogen-bond donors (Lipinski definition) is 0. The third kappa shape index (κ3) is 4.17. The average molecular weight is 664 g/mol. The van der Waals surface area contributed by atoms with Crippen LogP contribution in [0.15, 0.2) is 84.5 Å². The van der Waals surface area contributed by atoms with E-state index in [4.69, 9.17) is 17.0 Å². The van der Waals surface area contributed by atoms with Crippen molar-refractivity contribution in [3.05, 3.63) is 107 Å². The molecular weight excluding hydrogens is 631 g/mol. The van der Waals surface area contributed by atoms with Crippen molar-refractivity contribution in [2.75, 3.05) is 0 Å². The number of rotatable bonds is 7. The summed E-state index contributed by atoms with van der Waals surface area (Å²) < 4.78 is 0.0882. The number of allylic oxidation sites excluding steroid dienone is 2. The van der Waals surface area contributed by atoms with Crippen molar-refractivity contribution in [1.29, 1.82) is 0 Å². The van der Waals surface area contributed by atoms with Gasteiger partial charge in [0, 0.05) is 0 Å². The van der Waals surface area contributed by atoms with Crippen LogP contribution in [0.2, 0.25) is 13.1 Å². The van der Waals surface area contributed by atoms with Crippen LogP contribution in [0.5, 0.6) is 0 Å². The van der Waals surface area contributed by atoms with Crippen molar-refractivity contribution in [2.24, 2.45) is 0 Å². The van der Waals surface area contributed by atoms with E-state index >= 15 is 0 Å². The van der Waals surface area contributed by atoms with Gasteiger partial charge in [0.25, 0.3) is 0 Å². The molecule has 0 radical (unpaired) electrons. The van der Waals surface area contributed by atoms with Gasteiger partial charge < -0.3 is 0 Å². The molecular formula is C32H33Cl2N4SiZr. The minimum atomic E-state index is -4.78. The molecule has 203 valence electrons. The van der Waals surface area contributed by atoms with Gasteiger partial charge >= 0.3 is 247 Å². The molecule has 0 aliphatic heterocycles. The van der Waals surface area contributed by atoms with Gasteiger partial charge in [-0.1, -0.05) is 0 Å². The van der Waals surface area contributed by atoms with Crippen LogP contribution in [0.4, 0.5) is 0 Å². The minimum absolute atomic E-state index is 0.0441. The van der Waals surface area contributed by atoms with Crippen LogP contribution in [0.25, 0.3) is 34.9 Å². The van der Waals surface area contributed by atoms with Gasteiger partial charge in [0.2, 0.25) is 0 Å². The van der Waals surface area contributed by atoms with Crippen LogP contribution in [0.3, 0.4) is 0 Å². The van der Waals surface area contributed by atoms with Crippen molar-refractivity contribution in [3.8, 4) is 22.8 Å². The normalized spacial score (nSPS) is 19.0. The zero-order valence-electron chi connectivity index (χ0n) is 23.3. The summed E-state index contributed by atoms with van der Waals surface area (Å²) in [5.41, 5.74) is 9.66. The third-order valence-electron chi connectivity index (χ3n) is 8.94. The number of nitrogens with zero attached hydrogens (tertiary/aromatic N) is 4. The summed E-state index contributed by atoms with van der Waals surface area (Å²) in [5.74, 6) is -0.154. The van der Waals surface area contributed by atoms with Gasteiger partial charge in [0.1, 0.15) is 0 Å². The molecule has 0 N–H and O–H groups in total. The summed E-state index contributed by atoms with van der Waals surface area (Å²) >= 11 is -4.78. The molecule has 2 heterocycles. The second-order valence-corrected chi connectivity index (χ2v) is 53.7. The Balaban J connectivity index is 1.59. The molecule has 40 heavy (non-hydrogen) atoms. The van der Waals surface area contributed by atoms with E-state index in [1.807, 2.05) is 12.1 Å². The summed E-state index contributed by atoms with van der Waals surface area (Å²) in [6, 6.07) is 16.7. The second kappa shape index (κ2) is 10.5. The van der Waals surface area contributed by atoms with Gasteiger partial charge in [0.15, 0.2) is 0 Å². The quantitative estimate of drug-likeness (QED) is 0.185. The van der Waals surface area contributed by atoms with Gasteiger partial charge in [-0.2, -0.15) is 0 Å². The molecule has 0 fully saturated rings. The summed E-state index contributed by atoms with van der Waals surface area (Å²) in [6.07, 6.45) is 13.7. The number of benzene rings is 2. The van der Waals surface area contributed by atoms with E-state index in [2.05, 4.69) is 95.4 Å². The first-order chi connectivity index (χ1) is 19.3. The predicted molar refractivity (Wildman–Crippen MR) is 168 cm³/mol. The zero-order valence-corrected chi connectivity index (χ0v) is 28.4. The maximum absolute atomic E-state index is 8.43. The molecule has 0 amide bonds. The van der Waals surface area contributed by atoms with E-state index in [0.717, 1.165) is 35.6 Å². The van der Waals surface area contributed by atoms with Crippen LogP contribution >= 0.6 is 17.0 Å². The first-order valence-corrected chi connectivity index (χ1v) is 30.4. The Labute approximate surface area is 245 Å². The Bertz CT molecular complexity index is 1540. The van der Waals surface area contributed by atoms with Crippen LogP contribution in [0.1, 0.15) is 56.2 Å². The van der Waals surface area contributed by atoms with Crippen LogP contribution in [-0.2, 0) is 15.6 Å². The number of aromatic nitrogens is 4. The van der Waals surface area contributed by atoms with E-state index in [0.29, 0.717) is 0 Å². The van der Waals surface area contributed by atoms with Crippen LogP contribution < -0.4 is 0 Å². The molecule has 2 aliphatic carbocycles. The Hall–Kier alpha value is -2.24. The average Bonchev–Trinajstić information content (AvgIpc) is 3.57. The fourth-order valence-corrected chi connectivity index (χ4v) is 38.7. The molecule has 2 aromatic carbocycles. The van der Waals surface area contributed by atoms with Crippen molar-refractivity contribution >= 4 is 35.1 Å². The fraction of sp³-hybridized carbons (Fsp3) is 0.250. The molecule has 2 atom stereocenters. The predicted octanol–water partition coefficient (Wildman–Crippen LogP) is 8.98. The molecule has 0 saturated heterocycles. The van der Waals surface area contributed by atoms with Crippen molar-refractivity contribution in [3.63, 3.8) is 0 Å². The number of halogens is 2. The SMILES string of the molecule is CCC1=Cc2c(-c3ncccn3)cccc2[CH]1[Zr]([Cl])([Cl])([CH]1C(CC)=Cc2c(-c3ncccn3)cccc21)[SiH](C)C. The van der Waals surface area contributed by atoms with E-state index in [1.165, 1.54) is 33.4 Å². The summed E-state index contributed by atoms with van der Waals surface area (Å²) in [5, 5.41) is 0. The summed E-state index contributed by atoms with van der Waals surface area (Å²) in [7, 11) is 16.9. The van der Waals surface area contributed by atoms with Crippen molar-refractivity contribution in [1.82, 2.24) is 19.9 Å². The van der Waals surface area contributed by atoms with Gasteiger partial charge in [-0.05, 0) is 0 Å². The van der Waals surface area contributed by atoms with Gasteiger partial charge in [-0.3, -0.25) is 0 Å². The molecule has 6 rings (SSSR count). The fourth-order valence-electron chi connectivity index (χ4n) is 6.94. The first kappa shape index (κ1) is 27.9. The zero-order chi connectivity index (χ0) is 28.1. The third-order valence-corrected chi connectivity index (χ3v) is 60.8. The van der Waals surface area contributed by atoms with E-state index in [9.17, 15) is 0 Å². The summed E-state index contributed by atoms with van der Waals surface area (Å²) in [6.45, 7) is 9.24. The molecule has 2 aliphatic rings.